The molecule has 0 aromatic rings. The molecule has 0 aliphatic heterocycles. The molecule has 0 aromatic heterocycles. The zero-order chi connectivity index (χ0) is 17.6. The Kier molecular flexibility index (Phi) is 8.11. The van der Waals surface area contributed by atoms with Gasteiger partial charge in [-0.15, -0.1) is 0 Å². The lowest BCUT2D eigenvalue weighted by atomic mass is 9.66. The molecule has 0 rings (SSSR count). The molecule has 0 N–H and O–H groups in total. The second-order valence-electron chi connectivity index (χ2n) is 8.64. The molecular formula is C19H40NO2+. The Balaban J connectivity index is 4.96. The van der Waals surface area contributed by atoms with Crippen LogP contribution >= 0.6 is 0 Å². The van der Waals surface area contributed by atoms with Crippen LogP contribution in [0.1, 0.15) is 67.2 Å². The van der Waals surface area contributed by atoms with Crippen molar-refractivity contribution >= 4 is 5.97 Å². The highest BCUT2D eigenvalue weighted by Gasteiger charge is 2.43. The first-order chi connectivity index (χ1) is 9.94. The molecule has 1 unspecified atom stereocenters. The number of nitrogens with zero attached hydrogens (tertiary/aromatic N) is 1. The summed E-state index contributed by atoms with van der Waals surface area (Å²) in [5, 5.41) is 0. The Hall–Kier alpha value is -0.570. The first-order valence-electron chi connectivity index (χ1n) is 8.91. The van der Waals surface area contributed by atoms with Crippen molar-refractivity contribution in [2.24, 2.45) is 16.7 Å². The van der Waals surface area contributed by atoms with E-state index < -0.39 is 0 Å². The van der Waals surface area contributed by atoms with Gasteiger partial charge < -0.3 is 9.22 Å². The second-order valence-corrected chi connectivity index (χ2v) is 8.64. The van der Waals surface area contributed by atoms with Crippen molar-refractivity contribution in [1.29, 1.82) is 0 Å². The maximum absolute atomic E-state index is 12.8. The topological polar surface area (TPSA) is 26.3 Å². The molecule has 1 atom stereocenters. The van der Waals surface area contributed by atoms with Crippen LogP contribution in [-0.2, 0) is 9.53 Å². The van der Waals surface area contributed by atoms with Crippen molar-refractivity contribution in [3.8, 4) is 0 Å². The molecule has 0 spiro atoms. The Labute approximate surface area is 139 Å². The molecule has 0 aromatic carbocycles. The summed E-state index contributed by atoms with van der Waals surface area (Å²) < 4.78 is 6.50. The van der Waals surface area contributed by atoms with E-state index in [4.69, 9.17) is 4.74 Å². The van der Waals surface area contributed by atoms with Crippen molar-refractivity contribution in [3.05, 3.63) is 0 Å². The summed E-state index contributed by atoms with van der Waals surface area (Å²) in [7, 11) is 6.35. The predicted octanol–water partition coefficient (Wildman–Crippen LogP) is 4.50. The summed E-state index contributed by atoms with van der Waals surface area (Å²) >= 11 is 0. The van der Waals surface area contributed by atoms with Gasteiger partial charge in [-0.3, -0.25) is 4.79 Å². The van der Waals surface area contributed by atoms with Gasteiger partial charge in [0.1, 0.15) is 13.2 Å². The Morgan fingerprint density at radius 2 is 1.55 bits per heavy atom. The smallest absolute Gasteiger partial charge is 0.312 e. The van der Waals surface area contributed by atoms with Crippen LogP contribution in [0.15, 0.2) is 0 Å². The maximum Gasteiger partial charge on any atom is 0.312 e. The lowest BCUT2D eigenvalue weighted by Gasteiger charge is -2.39. The van der Waals surface area contributed by atoms with Crippen LogP contribution in [0.25, 0.3) is 0 Å². The van der Waals surface area contributed by atoms with Crippen molar-refractivity contribution in [2.75, 3.05) is 34.3 Å². The van der Waals surface area contributed by atoms with Crippen LogP contribution < -0.4 is 0 Å². The van der Waals surface area contributed by atoms with Crippen LogP contribution in [-0.4, -0.2) is 44.7 Å². The third-order valence-electron chi connectivity index (χ3n) is 5.42. The molecule has 0 saturated heterocycles. The second kappa shape index (κ2) is 8.33. The fourth-order valence-electron chi connectivity index (χ4n) is 3.16. The number of quaternary nitrogens is 1. The molecule has 0 heterocycles. The van der Waals surface area contributed by atoms with Gasteiger partial charge in [0.25, 0.3) is 0 Å². The summed E-state index contributed by atoms with van der Waals surface area (Å²) in [5.41, 5.74) is -0.0606. The number of esters is 1. The number of rotatable bonds is 10. The minimum absolute atomic E-state index is 0.00496. The minimum Gasteiger partial charge on any atom is -0.459 e. The molecule has 0 amide bonds. The summed E-state index contributed by atoms with van der Waals surface area (Å²) in [6.07, 6.45) is 3.91. The standard InChI is InChI=1S/C19H40NO2/c1-10-18(5,6)15-16(4)19(11-2,12-3)17(21)22-14-13-20(7,8)9/h16H,10-15H2,1-9H3/q+1. The van der Waals surface area contributed by atoms with E-state index in [1.807, 2.05) is 0 Å². The fourth-order valence-corrected chi connectivity index (χ4v) is 3.16. The quantitative estimate of drug-likeness (QED) is 0.438. The third kappa shape index (κ3) is 6.28. The van der Waals surface area contributed by atoms with Gasteiger partial charge in [-0.2, -0.15) is 0 Å². The summed E-state index contributed by atoms with van der Waals surface area (Å²) in [6.45, 7) is 14.7. The Bertz CT molecular complexity index is 338. The average molecular weight is 315 g/mol. The van der Waals surface area contributed by atoms with Gasteiger partial charge >= 0.3 is 5.97 Å². The number of carbonyl (C=O) groups is 1. The largest absolute Gasteiger partial charge is 0.459 e. The van der Waals surface area contributed by atoms with Crippen molar-refractivity contribution in [3.63, 3.8) is 0 Å². The molecule has 0 aliphatic carbocycles. The highest BCUT2D eigenvalue weighted by atomic mass is 16.5. The highest BCUT2D eigenvalue weighted by Crippen LogP contribution is 2.43. The van der Waals surface area contributed by atoms with Gasteiger partial charge in [0.2, 0.25) is 0 Å². The monoisotopic (exact) mass is 314 g/mol. The average Bonchev–Trinajstić information content (AvgIpc) is 2.38. The molecule has 132 valence electrons. The molecule has 3 nitrogen and oxygen atoms in total. The van der Waals surface area contributed by atoms with Gasteiger partial charge in [0.05, 0.1) is 26.6 Å². The molecule has 22 heavy (non-hydrogen) atoms. The van der Waals surface area contributed by atoms with E-state index in [0.717, 1.165) is 36.7 Å². The number of likely N-dealkylation sites (N-methyl/N-ethyl adjacent to an activating group) is 1. The van der Waals surface area contributed by atoms with Crippen molar-refractivity contribution < 1.29 is 14.0 Å². The van der Waals surface area contributed by atoms with Crippen LogP contribution in [0.5, 0.6) is 0 Å². The van der Waals surface area contributed by atoms with E-state index in [2.05, 4.69) is 62.7 Å². The van der Waals surface area contributed by atoms with Gasteiger partial charge in [-0.1, -0.05) is 48.0 Å². The number of hydrogen-bond acceptors (Lipinski definition) is 2. The van der Waals surface area contributed by atoms with Gasteiger partial charge in [-0.25, -0.2) is 0 Å². The van der Waals surface area contributed by atoms with Crippen LogP contribution in [0.2, 0.25) is 0 Å². The van der Waals surface area contributed by atoms with Crippen LogP contribution in [0.3, 0.4) is 0 Å². The number of carbonyl (C=O) groups excluding carboxylic acids is 1. The minimum atomic E-state index is -0.336. The Morgan fingerprint density at radius 1 is 1.05 bits per heavy atom. The first kappa shape index (κ1) is 21.4. The summed E-state index contributed by atoms with van der Waals surface area (Å²) in [6, 6.07) is 0. The summed E-state index contributed by atoms with van der Waals surface area (Å²) in [5.74, 6) is 0.347. The SMILES string of the molecule is CCC(C)(C)CC(C)C(CC)(CC)C(=O)OCC[N+](C)(C)C. The van der Waals surface area contributed by atoms with Crippen LogP contribution in [0.4, 0.5) is 0 Å². The zero-order valence-electron chi connectivity index (χ0n) is 16.6. The third-order valence-corrected chi connectivity index (χ3v) is 5.42. The number of hydrogen-bond donors (Lipinski definition) is 0. The molecule has 0 fully saturated rings. The Morgan fingerprint density at radius 3 is 1.91 bits per heavy atom. The molecular weight excluding hydrogens is 274 g/mol. The summed E-state index contributed by atoms with van der Waals surface area (Å²) in [4.78, 5) is 12.8. The van der Waals surface area contributed by atoms with Gasteiger partial charge in [0.15, 0.2) is 0 Å². The van der Waals surface area contributed by atoms with Crippen molar-refractivity contribution in [1.82, 2.24) is 0 Å². The normalized spacial score (nSPS) is 14.8. The lowest BCUT2D eigenvalue weighted by Crippen LogP contribution is -2.42. The van der Waals surface area contributed by atoms with E-state index in [0.29, 0.717) is 12.5 Å². The molecule has 0 aliphatic rings. The van der Waals surface area contributed by atoms with E-state index in [-0.39, 0.29) is 16.8 Å². The van der Waals surface area contributed by atoms with Gasteiger partial charge in [0, 0.05) is 0 Å². The lowest BCUT2D eigenvalue weighted by molar-refractivity contribution is -0.870. The van der Waals surface area contributed by atoms with Crippen LogP contribution in [0, 0.1) is 16.7 Å². The van der Waals surface area contributed by atoms with E-state index in [1.54, 1.807) is 0 Å². The first-order valence-corrected chi connectivity index (χ1v) is 8.91. The van der Waals surface area contributed by atoms with Crippen molar-refractivity contribution in [2.45, 2.75) is 67.2 Å². The highest BCUT2D eigenvalue weighted by molar-refractivity contribution is 5.77. The van der Waals surface area contributed by atoms with E-state index in [9.17, 15) is 4.79 Å². The maximum atomic E-state index is 12.8. The van der Waals surface area contributed by atoms with E-state index >= 15 is 0 Å². The molecule has 0 saturated carbocycles. The molecule has 3 heteroatoms. The number of ether oxygens (including phenoxy) is 1. The van der Waals surface area contributed by atoms with Gasteiger partial charge in [-0.05, 0) is 30.6 Å². The molecule has 0 radical (unpaired) electrons. The molecule has 0 bridgehead atoms. The fraction of sp³-hybridized carbons (Fsp3) is 0.947. The van der Waals surface area contributed by atoms with E-state index in [1.165, 1.54) is 0 Å². The zero-order valence-corrected chi connectivity index (χ0v) is 16.6. The predicted molar refractivity (Wildman–Crippen MR) is 94.7 cm³/mol.